The van der Waals surface area contributed by atoms with Gasteiger partial charge in [-0.3, -0.25) is 0 Å². The SMILES string of the molecule is CC1OCCC1CNc1nc2ccccc2o1. The average Bonchev–Trinajstić information content (AvgIpc) is 2.92. The highest BCUT2D eigenvalue weighted by Gasteiger charge is 2.24. The fourth-order valence-electron chi connectivity index (χ4n) is 2.21. The molecule has 0 spiro atoms. The number of aromatic nitrogens is 1. The summed E-state index contributed by atoms with van der Waals surface area (Å²) in [6.07, 6.45) is 1.43. The van der Waals surface area contributed by atoms with Crippen LogP contribution in [0.3, 0.4) is 0 Å². The van der Waals surface area contributed by atoms with E-state index in [1.807, 2.05) is 24.3 Å². The Balaban J connectivity index is 1.68. The molecular formula is C13H16N2O2. The highest BCUT2D eigenvalue weighted by atomic mass is 16.5. The number of benzene rings is 1. The molecule has 0 bridgehead atoms. The molecule has 17 heavy (non-hydrogen) atoms. The van der Waals surface area contributed by atoms with Crippen molar-refractivity contribution in [2.45, 2.75) is 19.4 Å². The van der Waals surface area contributed by atoms with Gasteiger partial charge in [-0.2, -0.15) is 4.98 Å². The first-order valence-electron chi connectivity index (χ1n) is 6.04. The molecule has 0 aliphatic carbocycles. The van der Waals surface area contributed by atoms with E-state index in [0.717, 1.165) is 30.7 Å². The number of rotatable bonds is 3. The lowest BCUT2D eigenvalue weighted by Crippen LogP contribution is -2.20. The third kappa shape index (κ3) is 2.13. The predicted octanol–water partition coefficient (Wildman–Crippen LogP) is 2.66. The maximum absolute atomic E-state index is 5.60. The Morgan fingerprint density at radius 3 is 3.06 bits per heavy atom. The molecule has 0 saturated carbocycles. The van der Waals surface area contributed by atoms with Crippen molar-refractivity contribution in [2.24, 2.45) is 5.92 Å². The van der Waals surface area contributed by atoms with Crippen molar-refractivity contribution in [3.05, 3.63) is 24.3 Å². The molecule has 3 rings (SSSR count). The van der Waals surface area contributed by atoms with Crippen LogP contribution in [0.2, 0.25) is 0 Å². The standard InChI is InChI=1S/C13H16N2O2/c1-9-10(6-7-16-9)8-14-13-15-11-4-2-3-5-12(11)17-13/h2-5,9-10H,6-8H2,1H3,(H,14,15). The molecule has 1 aromatic heterocycles. The van der Waals surface area contributed by atoms with Gasteiger partial charge >= 0.3 is 0 Å². The molecule has 1 aromatic carbocycles. The van der Waals surface area contributed by atoms with Crippen LogP contribution < -0.4 is 5.32 Å². The second-order valence-corrected chi connectivity index (χ2v) is 4.49. The molecule has 4 nitrogen and oxygen atoms in total. The first kappa shape index (κ1) is 10.6. The average molecular weight is 232 g/mol. The van der Waals surface area contributed by atoms with Crippen LogP contribution in [0.5, 0.6) is 0 Å². The molecule has 2 aromatic rings. The summed E-state index contributed by atoms with van der Waals surface area (Å²) in [6.45, 7) is 3.83. The zero-order valence-electron chi connectivity index (χ0n) is 9.85. The van der Waals surface area contributed by atoms with E-state index >= 15 is 0 Å². The largest absolute Gasteiger partial charge is 0.424 e. The number of hydrogen-bond acceptors (Lipinski definition) is 4. The lowest BCUT2D eigenvalue weighted by atomic mass is 10.0. The molecule has 2 atom stereocenters. The minimum Gasteiger partial charge on any atom is -0.424 e. The fourth-order valence-corrected chi connectivity index (χ4v) is 2.21. The van der Waals surface area contributed by atoms with E-state index in [9.17, 15) is 0 Å². The summed E-state index contributed by atoms with van der Waals surface area (Å²) in [7, 11) is 0. The predicted molar refractivity (Wildman–Crippen MR) is 66.0 cm³/mol. The van der Waals surface area contributed by atoms with Gasteiger partial charge in [0.15, 0.2) is 5.58 Å². The minimum absolute atomic E-state index is 0.326. The van der Waals surface area contributed by atoms with Crippen molar-refractivity contribution in [2.75, 3.05) is 18.5 Å². The maximum atomic E-state index is 5.60. The third-order valence-corrected chi connectivity index (χ3v) is 3.34. The van der Waals surface area contributed by atoms with E-state index in [4.69, 9.17) is 9.15 Å². The molecule has 0 amide bonds. The number of hydrogen-bond donors (Lipinski definition) is 1. The van der Waals surface area contributed by atoms with Crippen molar-refractivity contribution in [3.63, 3.8) is 0 Å². The fraction of sp³-hybridized carbons (Fsp3) is 0.462. The van der Waals surface area contributed by atoms with Gasteiger partial charge in [-0.05, 0) is 25.5 Å². The second-order valence-electron chi connectivity index (χ2n) is 4.49. The van der Waals surface area contributed by atoms with Crippen molar-refractivity contribution in [1.82, 2.24) is 4.98 Å². The zero-order chi connectivity index (χ0) is 11.7. The molecule has 1 fully saturated rings. The first-order valence-corrected chi connectivity index (χ1v) is 6.04. The topological polar surface area (TPSA) is 47.3 Å². The van der Waals surface area contributed by atoms with E-state index in [1.54, 1.807) is 0 Å². The van der Waals surface area contributed by atoms with Crippen LogP contribution in [0.4, 0.5) is 6.01 Å². The van der Waals surface area contributed by atoms with Crippen LogP contribution in [0.1, 0.15) is 13.3 Å². The highest BCUT2D eigenvalue weighted by molar-refractivity contribution is 5.74. The number of nitrogens with zero attached hydrogens (tertiary/aromatic N) is 1. The molecule has 1 saturated heterocycles. The van der Waals surface area contributed by atoms with Gasteiger partial charge in [-0.1, -0.05) is 12.1 Å². The van der Waals surface area contributed by atoms with E-state index < -0.39 is 0 Å². The third-order valence-electron chi connectivity index (χ3n) is 3.34. The Morgan fingerprint density at radius 1 is 1.41 bits per heavy atom. The highest BCUT2D eigenvalue weighted by Crippen LogP contribution is 2.22. The molecule has 4 heteroatoms. The van der Waals surface area contributed by atoms with Crippen molar-refractivity contribution < 1.29 is 9.15 Å². The Kier molecular flexibility index (Phi) is 2.73. The van der Waals surface area contributed by atoms with Crippen LogP contribution in [-0.4, -0.2) is 24.2 Å². The van der Waals surface area contributed by atoms with E-state index in [2.05, 4.69) is 17.2 Å². The summed E-state index contributed by atoms with van der Waals surface area (Å²) < 4.78 is 11.1. The van der Waals surface area contributed by atoms with E-state index in [0.29, 0.717) is 18.0 Å². The lowest BCUT2D eigenvalue weighted by Gasteiger charge is -2.13. The smallest absolute Gasteiger partial charge is 0.295 e. The second kappa shape index (κ2) is 4.37. The summed E-state index contributed by atoms with van der Waals surface area (Å²) in [5.41, 5.74) is 1.72. The molecular weight excluding hydrogens is 216 g/mol. The number of anilines is 1. The maximum Gasteiger partial charge on any atom is 0.295 e. The monoisotopic (exact) mass is 232 g/mol. The normalized spacial score (nSPS) is 24.3. The molecule has 0 radical (unpaired) electrons. The number of ether oxygens (including phenoxy) is 1. The van der Waals surface area contributed by atoms with E-state index in [1.165, 1.54) is 0 Å². The first-order chi connectivity index (χ1) is 8.33. The lowest BCUT2D eigenvalue weighted by molar-refractivity contribution is 0.108. The number of fused-ring (bicyclic) bond motifs is 1. The van der Waals surface area contributed by atoms with Gasteiger partial charge in [0.2, 0.25) is 0 Å². The van der Waals surface area contributed by atoms with Gasteiger partial charge in [0.1, 0.15) is 5.52 Å². The summed E-state index contributed by atoms with van der Waals surface area (Å²) in [6, 6.07) is 8.39. The van der Waals surface area contributed by atoms with Gasteiger partial charge in [0.25, 0.3) is 6.01 Å². The number of para-hydroxylation sites is 2. The van der Waals surface area contributed by atoms with Gasteiger partial charge in [-0.15, -0.1) is 0 Å². The molecule has 2 heterocycles. The van der Waals surface area contributed by atoms with Crippen molar-refractivity contribution in [1.29, 1.82) is 0 Å². The zero-order valence-corrected chi connectivity index (χ0v) is 9.85. The Morgan fingerprint density at radius 2 is 2.29 bits per heavy atom. The van der Waals surface area contributed by atoms with Gasteiger partial charge in [0.05, 0.1) is 6.10 Å². The quantitative estimate of drug-likeness (QED) is 0.883. The van der Waals surface area contributed by atoms with Crippen molar-refractivity contribution in [3.8, 4) is 0 Å². The van der Waals surface area contributed by atoms with E-state index in [-0.39, 0.29) is 0 Å². The molecule has 90 valence electrons. The number of nitrogens with one attached hydrogen (secondary N) is 1. The van der Waals surface area contributed by atoms with Crippen LogP contribution >= 0.6 is 0 Å². The van der Waals surface area contributed by atoms with Crippen LogP contribution in [0, 0.1) is 5.92 Å². The molecule has 1 N–H and O–H groups in total. The van der Waals surface area contributed by atoms with Gasteiger partial charge in [-0.25, -0.2) is 0 Å². The van der Waals surface area contributed by atoms with Crippen molar-refractivity contribution >= 4 is 17.1 Å². The Hall–Kier alpha value is -1.55. The Bertz CT molecular complexity index is 476. The van der Waals surface area contributed by atoms with Gasteiger partial charge in [0, 0.05) is 19.1 Å². The van der Waals surface area contributed by atoms with Crippen LogP contribution in [0.25, 0.3) is 11.1 Å². The molecule has 1 aliphatic heterocycles. The summed E-state index contributed by atoms with van der Waals surface area (Å²) in [5.74, 6) is 0.546. The molecule has 2 unspecified atom stereocenters. The van der Waals surface area contributed by atoms with Crippen LogP contribution in [-0.2, 0) is 4.74 Å². The van der Waals surface area contributed by atoms with Crippen LogP contribution in [0.15, 0.2) is 28.7 Å². The summed E-state index contributed by atoms with van der Waals surface area (Å²) in [5, 5.41) is 3.25. The summed E-state index contributed by atoms with van der Waals surface area (Å²) >= 11 is 0. The number of oxazole rings is 1. The molecule has 1 aliphatic rings. The minimum atomic E-state index is 0.326. The Labute approximate surface area is 100.0 Å². The van der Waals surface area contributed by atoms with Gasteiger partial charge < -0.3 is 14.5 Å². The summed E-state index contributed by atoms with van der Waals surface area (Å²) in [4.78, 5) is 4.38.